The van der Waals surface area contributed by atoms with Crippen molar-refractivity contribution in [3.8, 4) is 0 Å². The minimum absolute atomic E-state index is 0.0204. The average molecular weight is 499 g/mol. The van der Waals surface area contributed by atoms with Crippen LogP contribution in [0.2, 0.25) is 0 Å². The van der Waals surface area contributed by atoms with Gasteiger partial charge in [0.15, 0.2) is 0 Å². The molecule has 2 fully saturated rings. The minimum atomic E-state index is -4.45. The van der Waals surface area contributed by atoms with Crippen molar-refractivity contribution in [1.82, 2.24) is 20.1 Å². The Morgan fingerprint density at radius 2 is 2.17 bits per heavy atom. The van der Waals surface area contributed by atoms with Crippen LogP contribution in [0.15, 0.2) is 12.3 Å². The van der Waals surface area contributed by atoms with Crippen LogP contribution in [-0.2, 0) is 33.4 Å². The zero-order valence-electron chi connectivity index (χ0n) is 21.0. The molecule has 3 heterocycles. The van der Waals surface area contributed by atoms with E-state index in [1.54, 1.807) is 12.0 Å². The van der Waals surface area contributed by atoms with Crippen LogP contribution in [0, 0.1) is 11.3 Å². The zero-order chi connectivity index (χ0) is 25.4. The molecule has 1 saturated carbocycles. The van der Waals surface area contributed by atoms with Gasteiger partial charge in [-0.2, -0.15) is 13.2 Å². The van der Waals surface area contributed by atoms with Crippen LogP contribution >= 0.6 is 0 Å². The van der Waals surface area contributed by atoms with Crippen molar-refractivity contribution in [1.29, 1.82) is 0 Å². The van der Waals surface area contributed by atoms with E-state index in [0.29, 0.717) is 43.9 Å². The highest BCUT2D eigenvalue weighted by molar-refractivity contribution is 5.83. The van der Waals surface area contributed by atoms with Gasteiger partial charge in [-0.1, -0.05) is 6.92 Å². The van der Waals surface area contributed by atoms with Crippen molar-refractivity contribution >= 4 is 5.91 Å². The molecular weight excluding hydrogens is 461 g/mol. The summed E-state index contributed by atoms with van der Waals surface area (Å²) in [6.07, 6.45) is -0.719. The third kappa shape index (κ3) is 5.65. The fourth-order valence-corrected chi connectivity index (χ4v) is 6.02. The summed E-state index contributed by atoms with van der Waals surface area (Å²) in [4.78, 5) is 21.8. The Morgan fingerprint density at radius 3 is 2.86 bits per heavy atom. The topological polar surface area (TPSA) is 66.9 Å². The lowest BCUT2D eigenvalue weighted by atomic mass is 9.77. The maximum Gasteiger partial charge on any atom is 0.417 e. The lowest BCUT2D eigenvalue weighted by molar-refractivity contribution is -0.144. The third-order valence-corrected chi connectivity index (χ3v) is 7.93. The van der Waals surface area contributed by atoms with Gasteiger partial charge in [0.05, 0.1) is 23.7 Å². The number of pyridine rings is 1. The molecule has 4 rings (SSSR count). The van der Waals surface area contributed by atoms with E-state index in [2.05, 4.69) is 15.2 Å². The Labute approximate surface area is 205 Å². The van der Waals surface area contributed by atoms with E-state index in [1.165, 1.54) is 0 Å². The molecule has 5 atom stereocenters. The Hall–Kier alpha value is -1.75. The fourth-order valence-electron chi connectivity index (χ4n) is 6.02. The quantitative estimate of drug-likeness (QED) is 0.651. The van der Waals surface area contributed by atoms with E-state index in [0.717, 1.165) is 31.6 Å². The first-order valence-electron chi connectivity index (χ1n) is 12.4. The van der Waals surface area contributed by atoms with Crippen LogP contribution in [0.4, 0.5) is 13.2 Å². The number of nitrogens with one attached hydrogen (secondary N) is 1. The Balaban J connectivity index is 1.51. The monoisotopic (exact) mass is 498 g/mol. The second-order valence-electron chi connectivity index (χ2n) is 10.7. The molecule has 2 aliphatic heterocycles. The number of aromatic nitrogens is 1. The standard InChI is InChI=1S/C25H37F3N4O3/c1-24(23(33)32-7-5-20-16(13-32)9-17(12-29-20)25(26,27)28)11-19(10-18(24)14-31(2)3)30-21-6-8-35-15-22(21)34-4/h9,12,18-19,21-22,30H,5-8,10-11,13-15H2,1-4H3/t18-,19+,21?,22?,24+/m0/s1. The molecule has 2 unspecified atom stereocenters. The highest BCUT2D eigenvalue weighted by Crippen LogP contribution is 2.46. The molecule has 0 aromatic carbocycles. The molecule has 0 spiro atoms. The van der Waals surface area contributed by atoms with Gasteiger partial charge in [0.1, 0.15) is 0 Å². The Kier molecular flexibility index (Phi) is 7.76. The summed E-state index contributed by atoms with van der Waals surface area (Å²) < 4.78 is 50.9. The number of hydrogen-bond acceptors (Lipinski definition) is 6. The number of rotatable bonds is 6. The van der Waals surface area contributed by atoms with Crippen molar-refractivity contribution in [3.05, 3.63) is 29.1 Å². The van der Waals surface area contributed by atoms with Crippen LogP contribution < -0.4 is 5.32 Å². The highest BCUT2D eigenvalue weighted by atomic mass is 19.4. The van der Waals surface area contributed by atoms with Gasteiger partial charge in [-0.3, -0.25) is 9.78 Å². The lowest BCUT2D eigenvalue weighted by Gasteiger charge is -2.39. The molecule has 1 saturated heterocycles. The summed E-state index contributed by atoms with van der Waals surface area (Å²) in [5.74, 6) is 0.149. The van der Waals surface area contributed by atoms with E-state index in [9.17, 15) is 18.0 Å². The number of halogens is 3. The second-order valence-corrected chi connectivity index (χ2v) is 10.7. The predicted molar refractivity (Wildman–Crippen MR) is 125 cm³/mol. The molecule has 1 N–H and O–H groups in total. The molecule has 1 aliphatic carbocycles. The van der Waals surface area contributed by atoms with Gasteiger partial charge in [0, 0.05) is 63.7 Å². The molecule has 196 valence electrons. The first kappa shape index (κ1) is 26.3. The SMILES string of the molecule is COC1COCCC1N[C@@H]1C[C@@H](CN(C)C)[C@](C)(C(=O)N2CCc3ncc(C(F)(F)F)cc3C2)C1. The molecule has 0 radical (unpaired) electrons. The zero-order valence-corrected chi connectivity index (χ0v) is 21.0. The smallest absolute Gasteiger partial charge is 0.379 e. The third-order valence-electron chi connectivity index (χ3n) is 7.93. The summed E-state index contributed by atoms with van der Waals surface area (Å²) in [6.45, 7) is 4.68. The molecule has 1 aromatic heterocycles. The van der Waals surface area contributed by atoms with E-state index < -0.39 is 17.2 Å². The number of carbonyl (C=O) groups excluding carboxylic acids is 1. The van der Waals surface area contributed by atoms with Crippen LogP contribution in [0.1, 0.15) is 43.0 Å². The largest absolute Gasteiger partial charge is 0.417 e. The summed E-state index contributed by atoms with van der Waals surface area (Å²) in [5, 5.41) is 3.75. The number of amides is 1. The van der Waals surface area contributed by atoms with E-state index in [-0.39, 0.29) is 36.6 Å². The number of nitrogens with zero attached hydrogens (tertiary/aromatic N) is 3. The van der Waals surface area contributed by atoms with Crippen LogP contribution in [0.5, 0.6) is 0 Å². The van der Waals surface area contributed by atoms with E-state index in [4.69, 9.17) is 9.47 Å². The molecular formula is C25H37F3N4O3. The van der Waals surface area contributed by atoms with Crippen molar-refractivity contribution in [2.45, 2.75) is 63.5 Å². The number of hydrogen-bond donors (Lipinski definition) is 1. The fraction of sp³-hybridized carbons (Fsp3) is 0.760. The lowest BCUT2D eigenvalue weighted by Crippen LogP contribution is -2.51. The molecule has 10 heteroatoms. The predicted octanol–water partition coefficient (Wildman–Crippen LogP) is 2.73. The summed E-state index contributed by atoms with van der Waals surface area (Å²) in [5.41, 5.74) is -0.239. The maximum absolute atomic E-state index is 14.0. The molecule has 0 bridgehead atoms. The van der Waals surface area contributed by atoms with Gasteiger partial charge >= 0.3 is 6.18 Å². The van der Waals surface area contributed by atoms with Gasteiger partial charge in [0.2, 0.25) is 5.91 Å². The van der Waals surface area contributed by atoms with Gasteiger partial charge < -0.3 is 24.6 Å². The number of ether oxygens (including phenoxy) is 2. The van der Waals surface area contributed by atoms with Gasteiger partial charge in [-0.15, -0.1) is 0 Å². The number of alkyl halides is 3. The number of carbonyl (C=O) groups is 1. The summed E-state index contributed by atoms with van der Waals surface area (Å²) >= 11 is 0. The second kappa shape index (κ2) is 10.3. The first-order chi connectivity index (χ1) is 16.5. The van der Waals surface area contributed by atoms with Crippen molar-refractivity contribution in [2.24, 2.45) is 11.3 Å². The Morgan fingerprint density at radius 1 is 1.40 bits per heavy atom. The van der Waals surface area contributed by atoms with Gasteiger partial charge in [0.25, 0.3) is 0 Å². The summed E-state index contributed by atoms with van der Waals surface area (Å²) in [7, 11) is 5.71. The van der Waals surface area contributed by atoms with E-state index in [1.807, 2.05) is 21.0 Å². The van der Waals surface area contributed by atoms with Crippen molar-refractivity contribution in [2.75, 3.05) is 47.5 Å². The Bertz CT molecular complexity index is 912. The number of fused-ring (bicyclic) bond motifs is 1. The van der Waals surface area contributed by atoms with Gasteiger partial charge in [-0.25, -0.2) is 0 Å². The maximum atomic E-state index is 14.0. The molecule has 1 amide bonds. The van der Waals surface area contributed by atoms with Gasteiger partial charge in [-0.05, 0) is 50.9 Å². The normalized spacial score (nSPS) is 31.6. The minimum Gasteiger partial charge on any atom is -0.379 e. The van der Waals surface area contributed by atoms with Crippen molar-refractivity contribution in [3.63, 3.8) is 0 Å². The summed E-state index contributed by atoms with van der Waals surface area (Å²) in [6, 6.07) is 1.48. The van der Waals surface area contributed by atoms with Crippen LogP contribution in [0.3, 0.4) is 0 Å². The molecule has 3 aliphatic rings. The molecule has 35 heavy (non-hydrogen) atoms. The van der Waals surface area contributed by atoms with E-state index >= 15 is 0 Å². The molecule has 7 nitrogen and oxygen atoms in total. The van der Waals surface area contributed by atoms with Crippen molar-refractivity contribution < 1.29 is 27.4 Å². The number of methoxy groups -OCH3 is 1. The average Bonchev–Trinajstić information content (AvgIpc) is 3.12. The molecule has 1 aromatic rings. The van der Waals surface area contributed by atoms with Crippen LogP contribution in [0.25, 0.3) is 0 Å². The van der Waals surface area contributed by atoms with Crippen LogP contribution in [-0.4, -0.2) is 86.4 Å². The highest BCUT2D eigenvalue weighted by Gasteiger charge is 2.51. The first-order valence-corrected chi connectivity index (χ1v) is 12.4.